The fourth-order valence-electron chi connectivity index (χ4n) is 1.98. The average Bonchev–Trinajstić information content (AvgIpc) is 2.77. The Morgan fingerprint density at radius 1 is 1.44 bits per heavy atom. The van der Waals surface area contributed by atoms with E-state index in [9.17, 15) is 0 Å². The first kappa shape index (κ1) is 11.6. The van der Waals surface area contributed by atoms with Gasteiger partial charge in [-0.3, -0.25) is 4.90 Å². The molecule has 16 heavy (non-hydrogen) atoms. The molecule has 1 atom stereocenters. The Hall–Kier alpha value is -0.840. The fraction of sp³-hybridized carbons (Fsp3) is 0.667. The monoisotopic (exact) mass is 224 g/mol. The van der Waals surface area contributed by atoms with E-state index in [-0.39, 0.29) is 6.10 Å². The van der Waals surface area contributed by atoms with Crippen LogP contribution in [-0.4, -0.2) is 37.2 Å². The van der Waals surface area contributed by atoms with Gasteiger partial charge in [-0.25, -0.2) is 0 Å². The van der Waals surface area contributed by atoms with Gasteiger partial charge in [0.25, 0.3) is 0 Å². The zero-order valence-electron chi connectivity index (χ0n) is 9.82. The van der Waals surface area contributed by atoms with Crippen LogP contribution < -0.4 is 5.73 Å². The average molecular weight is 224 g/mol. The van der Waals surface area contributed by atoms with Gasteiger partial charge in [-0.15, -0.1) is 0 Å². The second-order valence-corrected chi connectivity index (χ2v) is 4.19. The lowest BCUT2D eigenvalue weighted by atomic mass is 10.2. The Morgan fingerprint density at radius 3 is 2.94 bits per heavy atom. The van der Waals surface area contributed by atoms with Gasteiger partial charge in [0.15, 0.2) is 0 Å². The second kappa shape index (κ2) is 5.48. The van der Waals surface area contributed by atoms with E-state index in [0.29, 0.717) is 6.54 Å². The van der Waals surface area contributed by atoms with E-state index in [2.05, 4.69) is 24.0 Å². The lowest BCUT2D eigenvalue weighted by molar-refractivity contribution is -0.0279. The molecule has 2 heterocycles. The van der Waals surface area contributed by atoms with Crippen LogP contribution in [-0.2, 0) is 17.7 Å². The van der Waals surface area contributed by atoms with Crippen LogP contribution in [0.15, 0.2) is 16.5 Å². The number of nitrogens with zero attached hydrogens (tertiary/aromatic N) is 1. The molecular formula is C12H20N2O2. The molecular weight excluding hydrogens is 204 g/mol. The Labute approximate surface area is 96.4 Å². The van der Waals surface area contributed by atoms with Gasteiger partial charge in [0.05, 0.1) is 19.3 Å². The van der Waals surface area contributed by atoms with Crippen LogP contribution in [0, 0.1) is 0 Å². The van der Waals surface area contributed by atoms with Crippen molar-refractivity contribution in [2.24, 2.45) is 5.73 Å². The molecule has 0 aromatic carbocycles. The van der Waals surface area contributed by atoms with E-state index in [4.69, 9.17) is 14.9 Å². The van der Waals surface area contributed by atoms with Crippen molar-refractivity contribution in [2.45, 2.75) is 26.0 Å². The summed E-state index contributed by atoms with van der Waals surface area (Å²) in [5, 5.41) is 0. The number of hydrogen-bond donors (Lipinski definition) is 1. The number of hydrogen-bond acceptors (Lipinski definition) is 4. The molecule has 0 amide bonds. The summed E-state index contributed by atoms with van der Waals surface area (Å²) in [6.07, 6.45) is 1.13. The predicted octanol–water partition coefficient (Wildman–Crippen LogP) is 1.00. The summed E-state index contributed by atoms with van der Waals surface area (Å²) < 4.78 is 11.2. The molecule has 0 bridgehead atoms. The summed E-state index contributed by atoms with van der Waals surface area (Å²) in [5.41, 5.74) is 5.61. The van der Waals surface area contributed by atoms with Crippen LogP contribution in [0.4, 0.5) is 0 Å². The topological polar surface area (TPSA) is 51.6 Å². The zero-order valence-corrected chi connectivity index (χ0v) is 9.82. The van der Waals surface area contributed by atoms with Gasteiger partial charge < -0.3 is 14.9 Å². The van der Waals surface area contributed by atoms with E-state index >= 15 is 0 Å². The van der Waals surface area contributed by atoms with Crippen LogP contribution in [0.1, 0.15) is 18.4 Å². The quantitative estimate of drug-likeness (QED) is 0.829. The Balaban J connectivity index is 1.88. The number of furan rings is 1. The highest BCUT2D eigenvalue weighted by Gasteiger charge is 2.19. The maximum Gasteiger partial charge on any atom is 0.118 e. The summed E-state index contributed by atoms with van der Waals surface area (Å²) in [4.78, 5) is 2.33. The molecule has 0 spiro atoms. The summed E-state index contributed by atoms with van der Waals surface area (Å²) in [7, 11) is 0. The van der Waals surface area contributed by atoms with Crippen LogP contribution in [0.25, 0.3) is 0 Å². The van der Waals surface area contributed by atoms with Crippen molar-refractivity contribution < 1.29 is 9.15 Å². The first-order chi connectivity index (χ1) is 7.81. The number of aryl methyl sites for hydroxylation is 1. The molecule has 1 aromatic heterocycles. The summed E-state index contributed by atoms with van der Waals surface area (Å²) in [6.45, 7) is 6.18. The molecule has 1 aliphatic rings. The van der Waals surface area contributed by atoms with Crippen LogP contribution in [0.2, 0.25) is 0 Å². The van der Waals surface area contributed by atoms with E-state index in [0.717, 1.165) is 44.2 Å². The molecule has 1 fully saturated rings. The molecule has 2 N–H and O–H groups in total. The molecule has 90 valence electrons. The van der Waals surface area contributed by atoms with Crippen molar-refractivity contribution in [1.82, 2.24) is 4.90 Å². The number of morpholine rings is 1. The van der Waals surface area contributed by atoms with Crippen molar-refractivity contribution in [3.63, 3.8) is 0 Å². The third kappa shape index (κ3) is 2.84. The van der Waals surface area contributed by atoms with Crippen LogP contribution in [0.5, 0.6) is 0 Å². The minimum absolute atomic E-state index is 0.175. The lowest BCUT2D eigenvalue weighted by Gasteiger charge is -2.31. The molecule has 0 aliphatic carbocycles. The molecule has 0 saturated carbocycles. The number of nitrogens with two attached hydrogens (primary N) is 1. The normalized spacial score (nSPS) is 22.5. The summed E-state index contributed by atoms with van der Waals surface area (Å²) in [5.74, 6) is 2.09. The van der Waals surface area contributed by atoms with E-state index < -0.39 is 0 Å². The van der Waals surface area contributed by atoms with Crippen molar-refractivity contribution >= 4 is 0 Å². The second-order valence-electron chi connectivity index (χ2n) is 4.19. The zero-order chi connectivity index (χ0) is 11.4. The van der Waals surface area contributed by atoms with Crippen LogP contribution >= 0.6 is 0 Å². The Bertz CT molecular complexity index is 325. The molecule has 2 rings (SSSR count). The van der Waals surface area contributed by atoms with Crippen molar-refractivity contribution in [1.29, 1.82) is 0 Å². The highest BCUT2D eigenvalue weighted by Crippen LogP contribution is 2.13. The van der Waals surface area contributed by atoms with Gasteiger partial charge >= 0.3 is 0 Å². The highest BCUT2D eigenvalue weighted by atomic mass is 16.5. The van der Waals surface area contributed by atoms with E-state index in [1.165, 1.54) is 0 Å². The van der Waals surface area contributed by atoms with Crippen molar-refractivity contribution in [2.75, 3.05) is 26.2 Å². The molecule has 4 nitrogen and oxygen atoms in total. The Kier molecular flexibility index (Phi) is 3.98. The minimum atomic E-state index is 0.175. The maximum absolute atomic E-state index is 5.69. The molecule has 0 radical (unpaired) electrons. The van der Waals surface area contributed by atoms with E-state index in [1.807, 2.05) is 0 Å². The third-order valence-electron chi connectivity index (χ3n) is 2.93. The van der Waals surface area contributed by atoms with Crippen LogP contribution in [0.3, 0.4) is 0 Å². The third-order valence-corrected chi connectivity index (χ3v) is 2.93. The molecule has 1 aliphatic heterocycles. The largest absolute Gasteiger partial charge is 0.465 e. The smallest absolute Gasteiger partial charge is 0.118 e. The van der Waals surface area contributed by atoms with Crippen molar-refractivity contribution in [3.8, 4) is 0 Å². The SMILES string of the molecule is CCc1ccc(CN2CCOC(CN)C2)o1. The number of ether oxygens (including phenoxy) is 1. The van der Waals surface area contributed by atoms with Gasteiger partial charge in [0, 0.05) is 26.1 Å². The molecule has 1 saturated heterocycles. The predicted molar refractivity (Wildman–Crippen MR) is 62.2 cm³/mol. The van der Waals surface area contributed by atoms with Gasteiger partial charge in [-0.2, -0.15) is 0 Å². The van der Waals surface area contributed by atoms with Gasteiger partial charge in [0.1, 0.15) is 11.5 Å². The summed E-state index contributed by atoms with van der Waals surface area (Å²) in [6, 6.07) is 4.11. The minimum Gasteiger partial charge on any atom is -0.465 e. The number of rotatable bonds is 4. The maximum atomic E-state index is 5.69. The van der Waals surface area contributed by atoms with Gasteiger partial charge in [-0.1, -0.05) is 6.92 Å². The lowest BCUT2D eigenvalue weighted by Crippen LogP contribution is -2.45. The molecule has 1 unspecified atom stereocenters. The highest BCUT2D eigenvalue weighted by molar-refractivity contribution is 5.07. The fourth-order valence-corrected chi connectivity index (χ4v) is 1.98. The first-order valence-electron chi connectivity index (χ1n) is 5.93. The molecule has 4 heteroatoms. The first-order valence-corrected chi connectivity index (χ1v) is 5.93. The van der Waals surface area contributed by atoms with E-state index in [1.54, 1.807) is 0 Å². The Morgan fingerprint density at radius 2 is 2.25 bits per heavy atom. The van der Waals surface area contributed by atoms with Gasteiger partial charge in [0.2, 0.25) is 0 Å². The molecule has 1 aromatic rings. The standard InChI is InChI=1S/C12H20N2O2/c1-2-10-3-4-11(16-10)8-14-5-6-15-12(7-13)9-14/h3-4,12H,2,5-9,13H2,1H3. The van der Waals surface area contributed by atoms with Crippen molar-refractivity contribution in [3.05, 3.63) is 23.7 Å². The summed E-state index contributed by atoms with van der Waals surface area (Å²) >= 11 is 0. The van der Waals surface area contributed by atoms with Gasteiger partial charge in [-0.05, 0) is 12.1 Å².